The molecule has 3 N–H and O–H groups in total. The summed E-state index contributed by atoms with van der Waals surface area (Å²) in [5, 5.41) is 0. The van der Waals surface area contributed by atoms with Gasteiger partial charge in [0.2, 0.25) is 0 Å². The van der Waals surface area contributed by atoms with Crippen molar-refractivity contribution in [2.45, 2.75) is 25.3 Å². The zero-order valence-corrected chi connectivity index (χ0v) is 12.4. The molecule has 2 aliphatic heterocycles. The van der Waals surface area contributed by atoms with Crippen LogP contribution >= 0.6 is 15.9 Å². The number of hydrogen-bond donors (Lipinski definition) is 2. The van der Waals surface area contributed by atoms with E-state index in [-0.39, 0.29) is 6.04 Å². The van der Waals surface area contributed by atoms with Gasteiger partial charge in [-0.3, -0.25) is 11.3 Å². The molecule has 4 nitrogen and oxygen atoms in total. The van der Waals surface area contributed by atoms with Gasteiger partial charge in [0.1, 0.15) is 5.75 Å². The molecule has 3 rings (SSSR count). The fraction of sp³-hybridized carbons (Fsp3) is 0.571. The first-order valence-electron chi connectivity index (χ1n) is 6.76. The molecule has 2 aliphatic rings. The minimum absolute atomic E-state index is 0.241. The highest BCUT2D eigenvalue weighted by molar-refractivity contribution is 9.10. The second-order valence-corrected chi connectivity index (χ2v) is 6.17. The largest absolute Gasteiger partial charge is 0.493 e. The van der Waals surface area contributed by atoms with E-state index in [9.17, 15) is 0 Å². The third-order valence-corrected chi connectivity index (χ3v) is 4.47. The summed E-state index contributed by atoms with van der Waals surface area (Å²) >= 11 is 3.58. The summed E-state index contributed by atoms with van der Waals surface area (Å²) in [6, 6.07) is 4.53. The number of rotatable bonds is 4. The number of fused-ring (bicyclic) bond motifs is 1. The lowest BCUT2D eigenvalue weighted by atomic mass is 9.92. The lowest BCUT2D eigenvalue weighted by Crippen LogP contribution is -2.42. The van der Waals surface area contributed by atoms with Crippen LogP contribution in [0, 0.1) is 5.92 Å². The van der Waals surface area contributed by atoms with Gasteiger partial charge in [-0.15, -0.1) is 0 Å². The van der Waals surface area contributed by atoms with Gasteiger partial charge >= 0.3 is 0 Å². The molecule has 2 atom stereocenters. The molecule has 0 spiro atoms. The molecule has 0 aromatic heterocycles. The van der Waals surface area contributed by atoms with Crippen molar-refractivity contribution in [1.29, 1.82) is 0 Å². The third-order valence-electron chi connectivity index (χ3n) is 4.01. The summed E-state index contributed by atoms with van der Waals surface area (Å²) in [5.41, 5.74) is 5.48. The smallest absolute Gasteiger partial charge is 0.125 e. The van der Waals surface area contributed by atoms with E-state index in [4.69, 9.17) is 15.3 Å². The minimum atomic E-state index is 0.241. The molecule has 0 radical (unpaired) electrons. The molecule has 0 bridgehead atoms. The predicted molar refractivity (Wildman–Crippen MR) is 77.1 cm³/mol. The van der Waals surface area contributed by atoms with Crippen molar-refractivity contribution in [3.05, 3.63) is 27.7 Å². The molecule has 1 aromatic carbocycles. The molecule has 1 aromatic rings. The van der Waals surface area contributed by atoms with Gasteiger partial charge in [0.05, 0.1) is 13.2 Å². The summed E-state index contributed by atoms with van der Waals surface area (Å²) in [6.07, 6.45) is 2.95. The quantitative estimate of drug-likeness (QED) is 0.654. The zero-order chi connectivity index (χ0) is 13.2. The molecule has 19 heavy (non-hydrogen) atoms. The number of hydrogen-bond acceptors (Lipinski definition) is 4. The van der Waals surface area contributed by atoms with Crippen LogP contribution in [0.4, 0.5) is 0 Å². The molecule has 104 valence electrons. The van der Waals surface area contributed by atoms with Crippen LogP contribution in [0.2, 0.25) is 0 Å². The van der Waals surface area contributed by atoms with Crippen molar-refractivity contribution in [3.8, 4) is 5.75 Å². The lowest BCUT2D eigenvalue weighted by molar-refractivity contribution is 0.176. The van der Waals surface area contributed by atoms with Crippen LogP contribution in [0.5, 0.6) is 5.75 Å². The summed E-state index contributed by atoms with van der Waals surface area (Å²) in [7, 11) is 0. The van der Waals surface area contributed by atoms with Crippen LogP contribution in [0.3, 0.4) is 0 Å². The summed E-state index contributed by atoms with van der Waals surface area (Å²) in [6.45, 7) is 2.42. The highest BCUT2D eigenvalue weighted by Gasteiger charge is 2.27. The van der Waals surface area contributed by atoms with E-state index in [0.717, 1.165) is 49.3 Å². The molecule has 1 fully saturated rings. The summed E-state index contributed by atoms with van der Waals surface area (Å²) in [4.78, 5) is 0. The van der Waals surface area contributed by atoms with E-state index >= 15 is 0 Å². The Labute approximate surface area is 121 Å². The van der Waals surface area contributed by atoms with Crippen LogP contribution in [0.25, 0.3) is 0 Å². The van der Waals surface area contributed by atoms with E-state index in [1.54, 1.807) is 0 Å². The Kier molecular flexibility index (Phi) is 4.07. The highest BCUT2D eigenvalue weighted by atomic mass is 79.9. The van der Waals surface area contributed by atoms with E-state index in [1.165, 1.54) is 11.1 Å². The molecule has 0 amide bonds. The van der Waals surface area contributed by atoms with Crippen molar-refractivity contribution in [2.75, 3.05) is 19.8 Å². The van der Waals surface area contributed by atoms with Crippen LogP contribution in [-0.2, 0) is 17.6 Å². The number of nitrogens with one attached hydrogen (secondary N) is 1. The molecule has 2 heterocycles. The standard InChI is InChI=1S/C14H19BrN2O2/c15-12-5-9-2-4-19-14(9)11(6-12)7-13(17-16)10-1-3-18-8-10/h5-6,10,13,17H,1-4,7-8,16H2. The Hall–Kier alpha value is -0.620. The van der Waals surface area contributed by atoms with E-state index in [2.05, 4.69) is 33.5 Å². The first-order chi connectivity index (χ1) is 9.28. The van der Waals surface area contributed by atoms with E-state index in [0.29, 0.717) is 5.92 Å². The van der Waals surface area contributed by atoms with Crippen molar-refractivity contribution in [1.82, 2.24) is 5.43 Å². The van der Waals surface area contributed by atoms with Gasteiger partial charge in [0.25, 0.3) is 0 Å². The number of benzene rings is 1. The number of halogens is 1. The first-order valence-corrected chi connectivity index (χ1v) is 7.55. The Balaban J connectivity index is 1.81. The number of ether oxygens (including phenoxy) is 2. The zero-order valence-electron chi connectivity index (χ0n) is 10.8. The monoisotopic (exact) mass is 326 g/mol. The van der Waals surface area contributed by atoms with Gasteiger partial charge in [-0.1, -0.05) is 15.9 Å². The summed E-state index contributed by atoms with van der Waals surface area (Å²) in [5.74, 6) is 7.27. The van der Waals surface area contributed by atoms with Crippen molar-refractivity contribution in [2.24, 2.45) is 11.8 Å². The van der Waals surface area contributed by atoms with Crippen molar-refractivity contribution >= 4 is 15.9 Å². The maximum atomic E-state index is 5.77. The predicted octanol–water partition coefficient (Wildman–Crippen LogP) is 1.79. The maximum absolute atomic E-state index is 5.77. The first kappa shape index (κ1) is 13.4. The van der Waals surface area contributed by atoms with Gasteiger partial charge in [0, 0.05) is 29.5 Å². The van der Waals surface area contributed by atoms with Gasteiger partial charge in [0.15, 0.2) is 0 Å². The molecule has 1 saturated heterocycles. The Morgan fingerprint density at radius 3 is 3.05 bits per heavy atom. The molecule has 5 heteroatoms. The van der Waals surface area contributed by atoms with Gasteiger partial charge < -0.3 is 9.47 Å². The average molecular weight is 327 g/mol. The highest BCUT2D eigenvalue weighted by Crippen LogP contribution is 2.34. The number of nitrogens with two attached hydrogens (primary N) is 1. The van der Waals surface area contributed by atoms with E-state index in [1.807, 2.05) is 0 Å². The Morgan fingerprint density at radius 2 is 2.32 bits per heavy atom. The molecular formula is C14H19BrN2O2. The van der Waals surface area contributed by atoms with Crippen LogP contribution in [0.1, 0.15) is 17.5 Å². The van der Waals surface area contributed by atoms with Gasteiger partial charge in [-0.2, -0.15) is 0 Å². The SMILES string of the molecule is NNC(Cc1cc(Br)cc2c1OCC2)C1CCOC1. The summed E-state index contributed by atoms with van der Waals surface area (Å²) < 4.78 is 12.3. The number of hydrazine groups is 1. The lowest BCUT2D eigenvalue weighted by Gasteiger charge is -2.22. The van der Waals surface area contributed by atoms with Crippen LogP contribution in [0.15, 0.2) is 16.6 Å². The maximum Gasteiger partial charge on any atom is 0.125 e. The van der Waals surface area contributed by atoms with Crippen LogP contribution < -0.4 is 16.0 Å². The van der Waals surface area contributed by atoms with Gasteiger partial charge in [-0.25, -0.2) is 0 Å². The Morgan fingerprint density at radius 1 is 1.42 bits per heavy atom. The minimum Gasteiger partial charge on any atom is -0.493 e. The fourth-order valence-electron chi connectivity index (χ4n) is 2.97. The fourth-order valence-corrected chi connectivity index (χ4v) is 3.52. The molecular weight excluding hydrogens is 308 g/mol. The normalized spacial score (nSPS) is 23.2. The van der Waals surface area contributed by atoms with Crippen molar-refractivity contribution in [3.63, 3.8) is 0 Å². The van der Waals surface area contributed by atoms with Crippen molar-refractivity contribution < 1.29 is 9.47 Å². The van der Waals surface area contributed by atoms with E-state index < -0.39 is 0 Å². The molecule has 2 unspecified atom stereocenters. The topological polar surface area (TPSA) is 56.5 Å². The third kappa shape index (κ3) is 2.79. The Bertz CT molecular complexity index is 461. The second-order valence-electron chi connectivity index (χ2n) is 5.25. The molecule has 0 saturated carbocycles. The van der Waals surface area contributed by atoms with Gasteiger partial charge in [-0.05, 0) is 36.1 Å². The molecule has 0 aliphatic carbocycles. The van der Waals surface area contributed by atoms with Crippen LogP contribution in [-0.4, -0.2) is 25.9 Å². The average Bonchev–Trinajstić information content (AvgIpc) is 3.05. The second kappa shape index (κ2) is 5.79.